The number of benzene rings is 2. The number of carbonyl (C=O) groups excluding carboxylic acids is 1. The zero-order valence-electron chi connectivity index (χ0n) is 16.3. The van der Waals surface area contributed by atoms with Gasteiger partial charge in [-0.15, -0.1) is 13.2 Å². The third-order valence-corrected chi connectivity index (χ3v) is 5.62. The van der Waals surface area contributed by atoms with Crippen molar-refractivity contribution in [2.75, 3.05) is 7.11 Å². The largest absolute Gasteiger partial charge is 0.573 e. The van der Waals surface area contributed by atoms with Crippen LogP contribution in [0.25, 0.3) is 22.2 Å². The maximum absolute atomic E-state index is 12.7. The molecule has 4 nitrogen and oxygen atoms in total. The topological polar surface area (TPSA) is 40.5 Å². The average Bonchev–Trinajstić information content (AvgIpc) is 2.92. The van der Waals surface area contributed by atoms with Crippen LogP contribution in [0.1, 0.15) is 24.5 Å². The summed E-state index contributed by atoms with van der Waals surface area (Å²) in [5.41, 5.74) is 4.11. The van der Waals surface area contributed by atoms with Gasteiger partial charge in [0.1, 0.15) is 5.75 Å². The predicted molar refractivity (Wildman–Crippen MR) is 103 cm³/mol. The first kappa shape index (κ1) is 19.4. The molecule has 1 aromatic heterocycles. The van der Waals surface area contributed by atoms with Gasteiger partial charge in [0.15, 0.2) is 0 Å². The summed E-state index contributed by atoms with van der Waals surface area (Å²) in [6, 6.07) is 12.2. The Bertz CT molecular complexity index is 1120. The van der Waals surface area contributed by atoms with Crippen molar-refractivity contribution in [3.63, 3.8) is 0 Å². The Kier molecular flexibility index (Phi) is 4.37. The van der Waals surface area contributed by atoms with Crippen molar-refractivity contribution in [2.24, 2.45) is 0 Å². The van der Waals surface area contributed by atoms with Gasteiger partial charge in [-0.2, -0.15) is 0 Å². The second kappa shape index (κ2) is 6.54. The van der Waals surface area contributed by atoms with Crippen LogP contribution in [0.3, 0.4) is 0 Å². The molecule has 0 aliphatic carbocycles. The molecule has 1 atom stereocenters. The highest BCUT2D eigenvalue weighted by Gasteiger charge is 2.39. The number of halogens is 3. The molecular formula is C22H20F3NO3. The van der Waals surface area contributed by atoms with Crippen LogP contribution in [-0.4, -0.2) is 24.0 Å². The maximum Gasteiger partial charge on any atom is 0.573 e. The van der Waals surface area contributed by atoms with E-state index in [1.165, 1.54) is 19.2 Å². The molecule has 0 fully saturated rings. The van der Waals surface area contributed by atoms with Crippen LogP contribution in [0.15, 0.2) is 42.5 Å². The molecule has 0 amide bonds. The predicted octanol–water partition coefficient (Wildman–Crippen LogP) is 5.35. The highest BCUT2D eigenvalue weighted by Crippen LogP contribution is 2.47. The van der Waals surface area contributed by atoms with E-state index in [2.05, 4.69) is 9.30 Å². The minimum absolute atomic E-state index is 0.202. The van der Waals surface area contributed by atoms with E-state index in [-0.39, 0.29) is 18.1 Å². The number of carbonyl (C=O) groups is 1. The SMILES string of the molecule is COC(=O)CC1(C)Cn2c(c(C)c3cc(OC(F)(F)F)ccc32)-c2ccccc21. The van der Waals surface area contributed by atoms with Gasteiger partial charge in [0.2, 0.25) is 0 Å². The van der Waals surface area contributed by atoms with Crippen molar-refractivity contribution in [1.29, 1.82) is 0 Å². The monoisotopic (exact) mass is 403 g/mol. The number of hydrogen-bond acceptors (Lipinski definition) is 3. The van der Waals surface area contributed by atoms with E-state index in [0.717, 1.165) is 27.9 Å². The Labute approximate surface area is 165 Å². The molecule has 2 heterocycles. The van der Waals surface area contributed by atoms with E-state index >= 15 is 0 Å². The van der Waals surface area contributed by atoms with Crippen LogP contribution >= 0.6 is 0 Å². The Morgan fingerprint density at radius 3 is 2.62 bits per heavy atom. The number of alkyl halides is 3. The molecule has 2 aromatic carbocycles. The molecule has 29 heavy (non-hydrogen) atoms. The minimum atomic E-state index is -4.74. The highest BCUT2D eigenvalue weighted by molar-refractivity contribution is 5.94. The molecule has 152 valence electrons. The maximum atomic E-state index is 12.7. The first-order valence-corrected chi connectivity index (χ1v) is 9.18. The van der Waals surface area contributed by atoms with Crippen molar-refractivity contribution in [3.05, 3.63) is 53.6 Å². The van der Waals surface area contributed by atoms with E-state index in [1.54, 1.807) is 6.07 Å². The molecule has 7 heteroatoms. The van der Waals surface area contributed by atoms with E-state index in [9.17, 15) is 18.0 Å². The second-order valence-corrected chi connectivity index (χ2v) is 7.65. The zero-order chi connectivity index (χ0) is 21.0. The van der Waals surface area contributed by atoms with Crippen molar-refractivity contribution in [1.82, 2.24) is 4.57 Å². The molecule has 3 aromatic rings. The van der Waals surface area contributed by atoms with Gasteiger partial charge < -0.3 is 14.0 Å². The second-order valence-electron chi connectivity index (χ2n) is 7.65. The molecule has 1 aliphatic rings. The number of ether oxygens (including phenoxy) is 2. The Morgan fingerprint density at radius 2 is 1.93 bits per heavy atom. The number of nitrogens with zero attached hydrogens (tertiary/aromatic N) is 1. The lowest BCUT2D eigenvalue weighted by Gasteiger charge is -2.37. The third kappa shape index (κ3) is 3.24. The Balaban J connectivity index is 1.92. The molecule has 0 saturated carbocycles. The van der Waals surface area contributed by atoms with Crippen LogP contribution in [0.4, 0.5) is 13.2 Å². The molecule has 0 saturated heterocycles. The number of aromatic nitrogens is 1. The summed E-state index contributed by atoms with van der Waals surface area (Å²) in [4.78, 5) is 12.1. The van der Waals surface area contributed by atoms with Gasteiger partial charge >= 0.3 is 12.3 Å². The summed E-state index contributed by atoms with van der Waals surface area (Å²) in [6.45, 7) is 4.41. The van der Waals surface area contributed by atoms with Gasteiger partial charge in [-0.3, -0.25) is 4.79 Å². The van der Waals surface area contributed by atoms with Crippen LogP contribution in [-0.2, 0) is 21.5 Å². The van der Waals surface area contributed by atoms with Crippen molar-refractivity contribution < 1.29 is 27.4 Å². The van der Waals surface area contributed by atoms with E-state index in [0.29, 0.717) is 11.9 Å². The van der Waals surface area contributed by atoms with E-state index < -0.39 is 11.8 Å². The van der Waals surface area contributed by atoms with Crippen molar-refractivity contribution in [3.8, 4) is 17.0 Å². The quantitative estimate of drug-likeness (QED) is 0.554. The standard InChI is InChI=1S/C22H20F3NO3/c1-13-16-10-14(29-22(23,24)25)8-9-18(16)26-12-21(2,11-19(27)28-3)17-7-5-4-6-15(17)20(13)26/h4-10H,11-12H2,1-3H3. The number of rotatable bonds is 3. The Hall–Kier alpha value is -2.96. The van der Waals surface area contributed by atoms with Crippen LogP contribution in [0.5, 0.6) is 5.75 Å². The fraction of sp³-hybridized carbons (Fsp3) is 0.318. The lowest BCUT2D eigenvalue weighted by Crippen LogP contribution is -2.35. The van der Waals surface area contributed by atoms with Crippen LogP contribution < -0.4 is 4.74 Å². The highest BCUT2D eigenvalue weighted by atomic mass is 19.4. The summed E-state index contributed by atoms with van der Waals surface area (Å²) in [5, 5.41) is 0.693. The fourth-order valence-corrected chi connectivity index (χ4v) is 4.40. The number of hydrogen-bond donors (Lipinski definition) is 0. The number of esters is 1. The van der Waals surface area contributed by atoms with E-state index in [4.69, 9.17) is 4.74 Å². The smallest absolute Gasteiger partial charge is 0.469 e. The zero-order valence-corrected chi connectivity index (χ0v) is 16.3. The molecule has 0 radical (unpaired) electrons. The molecule has 4 rings (SSSR count). The fourth-order valence-electron chi connectivity index (χ4n) is 4.40. The van der Waals surface area contributed by atoms with Crippen molar-refractivity contribution in [2.45, 2.75) is 38.6 Å². The van der Waals surface area contributed by atoms with Crippen LogP contribution in [0.2, 0.25) is 0 Å². The summed E-state index contributed by atoms with van der Waals surface area (Å²) in [7, 11) is 1.36. The van der Waals surface area contributed by atoms with Gasteiger partial charge in [-0.1, -0.05) is 31.2 Å². The summed E-state index contributed by atoms with van der Waals surface area (Å²) in [5.74, 6) is -0.554. The van der Waals surface area contributed by atoms with Gasteiger partial charge in [-0.25, -0.2) is 0 Å². The Morgan fingerprint density at radius 1 is 1.21 bits per heavy atom. The number of aryl methyl sites for hydroxylation is 1. The molecule has 0 N–H and O–H groups in total. The van der Waals surface area contributed by atoms with Crippen LogP contribution in [0, 0.1) is 6.92 Å². The summed E-state index contributed by atoms with van der Waals surface area (Å²) < 4.78 is 49.0. The summed E-state index contributed by atoms with van der Waals surface area (Å²) >= 11 is 0. The summed E-state index contributed by atoms with van der Waals surface area (Å²) in [6.07, 6.45) is -4.54. The normalized spacial score (nSPS) is 18.3. The molecule has 0 bridgehead atoms. The average molecular weight is 403 g/mol. The lowest BCUT2D eigenvalue weighted by molar-refractivity contribution is -0.274. The van der Waals surface area contributed by atoms with Gasteiger partial charge in [-0.05, 0) is 36.2 Å². The first-order chi connectivity index (χ1) is 13.6. The number of fused-ring (bicyclic) bond motifs is 5. The molecule has 0 spiro atoms. The van der Waals surface area contributed by atoms with Gasteiger partial charge in [0.25, 0.3) is 0 Å². The lowest BCUT2D eigenvalue weighted by atomic mass is 9.74. The third-order valence-electron chi connectivity index (χ3n) is 5.62. The van der Waals surface area contributed by atoms with Gasteiger partial charge in [0.05, 0.1) is 19.2 Å². The first-order valence-electron chi connectivity index (χ1n) is 9.18. The molecular weight excluding hydrogens is 383 g/mol. The molecule has 1 aliphatic heterocycles. The van der Waals surface area contributed by atoms with Crippen molar-refractivity contribution >= 4 is 16.9 Å². The molecule has 1 unspecified atom stereocenters. The van der Waals surface area contributed by atoms with Gasteiger partial charge in [0, 0.05) is 28.4 Å². The number of methoxy groups -OCH3 is 1. The minimum Gasteiger partial charge on any atom is -0.469 e. The van der Waals surface area contributed by atoms with E-state index in [1.807, 2.05) is 38.1 Å².